The quantitative estimate of drug-likeness (QED) is 0.380. The second-order valence-electron chi connectivity index (χ2n) is 8.45. The topological polar surface area (TPSA) is 109 Å². The summed E-state index contributed by atoms with van der Waals surface area (Å²) >= 11 is 0. The second kappa shape index (κ2) is 14.9. The second-order valence-corrected chi connectivity index (χ2v) is 8.45. The highest BCUT2D eigenvalue weighted by Crippen LogP contribution is 2.11. The zero-order chi connectivity index (χ0) is 22.4. The van der Waals surface area contributed by atoms with Crippen LogP contribution >= 0.6 is 0 Å². The molecule has 0 heterocycles. The molecule has 0 bridgehead atoms. The molecule has 3 atom stereocenters. The molecule has 0 saturated carbocycles. The van der Waals surface area contributed by atoms with E-state index in [0.717, 1.165) is 12.8 Å². The van der Waals surface area contributed by atoms with E-state index in [4.69, 9.17) is 0 Å². The lowest BCUT2D eigenvalue weighted by Crippen LogP contribution is -2.37. The zero-order valence-electron chi connectivity index (χ0n) is 18.6. The first-order valence-corrected chi connectivity index (χ1v) is 10.5. The molecule has 0 aromatic heterocycles. The van der Waals surface area contributed by atoms with E-state index in [1.807, 2.05) is 13.8 Å². The minimum atomic E-state index is -0.226. The van der Waals surface area contributed by atoms with Gasteiger partial charge in [0, 0.05) is 44.7 Å². The van der Waals surface area contributed by atoms with Gasteiger partial charge in [-0.2, -0.15) is 0 Å². The first-order chi connectivity index (χ1) is 13.5. The highest BCUT2D eigenvalue weighted by molar-refractivity contribution is 5.81. The Morgan fingerprint density at radius 3 is 1.62 bits per heavy atom. The summed E-state index contributed by atoms with van der Waals surface area (Å²) in [4.78, 5) is 57.7. The summed E-state index contributed by atoms with van der Waals surface area (Å²) in [5.41, 5.74) is 0. The van der Waals surface area contributed by atoms with E-state index in [9.17, 15) is 24.0 Å². The molecule has 0 radical (unpaired) electrons. The van der Waals surface area contributed by atoms with E-state index in [1.54, 1.807) is 0 Å². The Labute approximate surface area is 174 Å². The molecule has 0 spiro atoms. The van der Waals surface area contributed by atoms with Crippen molar-refractivity contribution in [1.82, 2.24) is 10.6 Å². The van der Waals surface area contributed by atoms with Gasteiger partial charge in [-0.15, -0.1) is 0 Å². The van der Waals surface area contributed by atoms with Gasteiger partial charge in [-0.05, 0) is 51.9 Å². The van der Waals surface area contributed by atoms with E-state index in [0.29, 0.717) is 32.2 Å². The molecule has 2 amide bonds. The maximum atomic E-state index is 12.2. The molecule has 0 aliphatic heterocycles. The third-order valence-corrected chi connectivity index (χ3v) is 4.54. The van der Waals surface area contributed by atoms with Crippen molar-refractivity contribution in [2.75, 3.05) is 6.54 Å². The number of hydrogen-bond donors (Lipinski definition) is 2. The Balaban J connectivity index is 4.21. The van der Waals surface area contributed by atoms with Crippen molar-refractivity contribution < 1.29 is 24.0 Å². The maximum absolute atomic E-state index is 12.2. The SMILES string of the molecule is CC(=O)CC(C)CC(=O)NCCCCC(CC(C)=O)NC(=O)CC(C)CC(C)=O. The minimum Gasteiger partial charge on any atom is -0.356 e. The van der Waals surface area contributed by atoms with Gasteiger partial charge in [0.25, 0.3) is 0 Å². The summed E-state index contributed by atoms with van der Waals surface area (Å²) < 4.78 is 0. The lowest BCUT2D eigenvalue weighted by atomic mass is 9.99. The van der Waals surface area contributed by atoms with Crippen LogP contribution in [0.4, 0.5) is 0 Å². The number of carbonyl (C=O) groups excluding carboxylic acids is 5. The van der Waals surface area contributed by atoms with Gasteiger partial charge in [-0.3, -0.25) is 14.4 Å². The van der Waals surface area contributed by atoms with Crippen molar-refractivity contribution in [3.8, 4) is 0 Å². The van der Waals surface area contributed by atoms with Gasteiger partial charge in [-0.1, -0.05) is 13.8 Å². The Morgan fingerprint density at radius 2 is 1.14 bits per heavy atom. The molecule has 7 heteroatoms. The fourth-order valence-corrected chi connectivity index (χ4v) is 3.43. The number of unbranched alkanes of at least 4 members (excludes halogenated alkanes) is 1. The maximum Gasteiger partial charge on any atom is 0.220 e. The first-order valence-electron chi connectivity index (χ1n) is 10.5. The smallest absolute Gasteiger partial charge is 0.220 e. The molecule has 2 N–H and O–H groups in total. The van der Waals surface area contributed by atoms with Crippen LogP contribution in [-0.2, 0) is 24.0 Å². The number of ketones is 3. The van der Waals surface area contributed by atoms with Crippen LogP contribution < -0.4 is 10.6 Å². The summed E-state index contributed by atoms with van der Waals surface area (Å²) in [6.07, 6.45) is 3.83. The Kier molecular flexibility index (Phi) is 13.8. The summed E-state index contributed by atoms with van der Waals surface area (Å²) in [5, 5.41) is 5.76. The number of carbonyl (C=O) groups is 5. The Hall–Kier alpha value is -2.05. The van der Waals surface area contributed by atoms with Crippen LogP contribution in [0, 0.1) is 11.8 Å². The van der Waals surface area contributed by atoms with Gasteiger partial charge in [0.15, 0.2) is 0 Å². The fourth-order valence-electron chi connectivity index (χ4n) is 3.43. The van der Waals surface area contributed by atoms with Crippen molar-refractivity contribution >= 4 is 29.2 Å². The Morgan fingerprint density at radius 1 is 0.655 bits per heavy atom. The van der Waals surface area contributed by atoms with Crippen LogP contribution in [0.5, 0.6) is 0 Å². The van der Waals surface area contributed by atoms with E-state index in [2.05, 4.69) is 10.6 Å². The zero-order valence-corrected chi connectivity index (χ0v) is 18.6. The lowest BCUT2D eigenvalue weighted by Gasteiger charge is -2.19. The highest BCUT2D eigenvalue weighted by atomic mass is 16.2. The van der Waals surface area contributed by atoms with Gasteiger partial charge in [0.05, 0.1) is 0 Å². The molecule has 29 heavy (non-hydrogen) atoms. The molecule has 0 rings (SSSR count). The van der Waals surface area contributed by atoms with Gasteiger partial charge in [-0.25, -0.2) is 0 Å². The summed E-state index contributed by atoms with van der Waals surface area (Å²) in [6, 6.07) is -0.226. The van der Waals surface area contributed by atoms with E-state index in [1.165, 1.54) is 20.8 Å². The third-order valence-electron chi connectivity index (χ3n) is 4.54. The molecule has 166 valence electrons. The van der Waals surface area contributed by atoms with Crippen molar-refractivity contribution in [2.45, 2.75) is 92.0 Å². The molecular formula is C22H38N2O5. The third kappa shape index (κ3) is 16.6. The largest absolute Gasteiger partial charge is 0.356 e. The predicted molar refractivity (Wildman–Crippen MR) is 112 cm³/mol. The number of Topliss-reactive ketones (excluding diaryl/α,β-unsaturated/α-hetero) is 3. The van der Waals surface area contributed by atoms with Crippen molar-refractivity contribution in [3.05, 3.63) is 0 Å². The van der Waals surface area contributed by atoms with Gasteiger partial charge < -0.3 is 20.2 Å². The average molecular weight is 411 g/mol. The van der Waals surface area contributed by atoms with E-state index >= 15 is 0 Å². The lowest BCUT2D eigenvalue weighted by molar-refractivity contribution is -0.124. The normalized spacial score (nSPS) is 13.8. The number of nitrogens with one attached hydrogen (secondary N) is 2. The number of hydrogen-bond acceptors (Lipinski definition) is 5. The molecule has 0 aliphatic carbocycles. The van der Waals surface area contributed by atoms with Crippen LogP contribution in [0.2, 0.25) is 0 Å². The Bertz CT molecular complexity index is 574. The molecular weight excluding hydrogens is 372 g/mol. The molecule has 3 unspecified atom stereocenters. The number of amides is 2. The summed E-state index contributed by atoms with van der Waals surface area (Å²) in [5.74, 6) is -0.0357. The first kappa shape index (κ1) is 27.0. The monoisotopic (exact) mass is 410 g/mol. The van der Waals surface area contributed by atoms with Crippen molar-refractivity contribution in [1.29, 1.82) is 0 Å². The summed E-state index contributed by atoms with van der Waals surface area (Å²) in [7, 11) is 0. The predicted octanol–water partition coefficient (Wildman–Crippen LogP) is 2.75. The molecule has 7 nitrogen and oxygen atoms in total. The standard InChI is InChI=1S/C22H38N2O5/c1-15(10-17(3)25)12-21(28)23-9-7-6-8-20(14-19(5)27)24-22(29)13-16(2)11-18(4)26/h15-16,20H,6-14H2,1-5H3,(H,23,28)(H,24,29). The van der Waals surface area contributed by atoms with Crippen LogP contribution in [0.15, 0.2) is 0 Å². The van der Waals surface area contributed by atoms with Gasteiger partial charge >= 0.3 is 0 Å². The average Bonchev–Trinajstić information content (AvgIpc) is 2.51. The van der Waals surface area contributed by atoms with E-state index < -0.39 is 0 Å². The molecule has 0 aromatic carbocycles. The highest BCUT2D eigenvalue weighted by Gasteiger charge is 2.17. The molecule has 0 saturated heterocycles. The molecule has 0 fully saturated rings. The van der Waals surface area contributed by atoms with Crippen LogP contribution in [0.1, 0.15) is 86.0 Å². The van der Waals surface area contributed by atoms with Crippen molar-refractivity contribution in [3.63, 3.8) is 0 Å². The number of rotatable bonds is 16. The van der Waals surface area contributed by atoms with Crippen molar-refractivity contribution in [2.24, 2.45) is 11.8 Å². The van der Waals surface area contributed by atoms with E-state index in [-0.39, 0.29) is 59.9 Å². The van der Waals surface area contributed by atoms with Gasteiger partial charge in [0.1, 0.15) is 17.3 Å². The molecule has 0 aliphatic rings. The van der Waals surface area contributed by atoms with Gasteiger partial charge in [0.2, 0.25) is 11.8 Å². The summed E-state index contributed by atoms with van der Waals surface area (Å²) in [6.45, 7) is 8.81. The molecule has 0 aromatic rings. The van der Waals surface area contributed by atoms with Crippen LogP contribution in [0.25, 0.3) is 0 Å². The van der Waals surface area contributed by atoms with Crippen LogP contribution in [0.3, 0.4) is 0 Å². The minimum absolute atomic E-state index is 0.0137. The van der Waals surface area contributed by atoms with Crippen LogP contribution in [-0.4, -0.2) is 41.8 Å². The fraction of sp³-hybridized carbons (Fsp3) is 0.773.